The Hall–Kier alpha value is -2.18. The highest BCUT2D eigenvalue weighted by atomic mass is 32.1. The van der Waals surface area contributed by atoms with Gasteiger partial charge >= 0.3 is 0 Å². The predicted octanol–water partition coefficient (Wildman–Crippen LogP) is 2.37. The SMILES string of the molecule is Cc1c(-c2ccccc2)nc2sc(C(=O)NCCN)c(C)n12. The standard InChI is InChI=1S/C16H18N4OS/c1-10-13(12-6-4-3-5-7-12)19-16-20(10)11(2)14(22-16)15(21)18-9-8-17/h3-7H,8-9,17H2,1-2H3,(H,18,21). The zero-order chi connectivity index (χ0) is 15.7. The van der Waals surface area contributed by atoms with Gasteiger partial charge in [-0.3, -0.25) is 9.20 Å². The summed E-state index contributed by atoms with van der Waals surface area (Å²) in [5.74, 6) is -0.0842. The summed E-state index contributed by atoms with van der Waals surface area (Å²) in [6.07, 6.45) is 0. The molecule has 0 spiro atoms. The van der Waals surface area contributed by atoms with Crippen molar-refractivity contribution < 1.29 is 4.79 Å². The van der Waals surface area contributed by atoms with E-state index in [4.69, 9.17) is 10.7 Å². The minimum Gasteiger partial charge on any atom is -0.350 e. The van der Waals surface area contributed by atoms with Gasteiger partial charge in [0.05, 0.1) is 5.69 Å². The first kappa shape index (κ1) is 14.7. The van der Waals surface area contributed by atoms with Gasteiger partial charge in [-0.05, 0) is 13.8 Å². The van der Waals surface area contributed by atoms with E-state index < -0.39 is 0 Å². The Labute approximate surface area is 132 Å². The number of nitrogens with two attached hydrogens (primary N) is 1. The molecule has 1 aromatic carbocycles. The number of benzene rings is 1. The molecular weight excluding hydrogens is 296 g/mol. The molecule has 0 aliphatic heterocycles. The maximum absolute atomic E-state index is 12.2. The van der Waals surface area contributed by atoms with Gasteiger partial charge < -0.3 is 11.1 Å². The molecule has 0 saturated carbocycles. The number of imidazole rings is 1. The molecule has 0 saturated heterocycles. The first-order chi connectivity index (χ1) is 10.6. The van der Waals surface area contributed by atoms with Crippen molar-refractivity contribution in [3.8, 4) is 11.3 Å². The molecule has 0 unspecified atom stereocenters. The average molecular weight is 314 g/mol. The molecule has 5 nitrogen and oxygen atoms in total. The quantitative estimate of drug-likeness (QED) is 0.776. The van der Waals surface area contributed by atoms with Crippen molar-refractivity contribution >= 4 is 22.2 Å². The van der Waals surface area contributed by atoms with Crippen LogP contribution in [-0.2, 0) is 0 Å². The van der Waals surface area contributed by atoms with E-state index >= 15 is 0 Å². The molecule has 114 valence electrons. The van der Waals surface area contributed by atoms with Gasteiger partial charge in [-0.25, -0.2) is 4.98 Å². The number of fused-ring (bicyclic) bond motifs is 1. The van der Waals surface area contributed by atoms with Crippen LogP contribution in [0.25, 0.3) is 16.2 Å². The van der Waals surface area contributed by atoms with Crippen molar-refractivity contribution in [2.45, 2.75) is 13.8 Å². The second kappa shape index (κ2) is 5.90. The Morgan fingerprint density at radius 2 is 2.00 bits per heavy atom. The number of amides is 1. The molecule has 0 aliphatic carbocycles. The lowest BCUT2D eigenvalue weighted by molar-refractivity contribution is 0.0958. The summed E-state index contributed by atoms with van der Waals surface area (Å²) >= 11 is 1.41. The fraction of sp³-hybridized carbons (Fsp3) is 0.250. The van der Waals surface area contributed by atoms with Crippen LogP contribution in [0.1, 0.15) is 21.1 Å². The van der Waals surface area contributed by atoms with Gasteiger partial charge in [-0.15, -0.1) is 0 Å². The summed E-state index contributed by atoms with van der Waals surface area (Å²) in [4.78, 5) is 18.4. The third kappa shape index (κ3) is 2.40. The van der Waals surface area contributed by atoms with Crippen molar-refractivity contribution in [2.24, 2.45) is 5.73 Å². The number of hydrogen-bond donors (Lipinski definition) is 2. The Morgan fingerprint density at radius 1 is 1.27 bits per heavy atom. The lowest BCUT2D eigenvalue weighted by Crippen LogP contribution is -2.28. The number of aryl methyl sites for hydroxylation is 2. The van der Waals surface area contributed by atoms with E-state index in [9.17, 15) is 4.79 Å². The number of thiazole rings is 1. The number of carbonyl (C=O) groups is 1. The van der Waals surface area contributed by atoms with Gasteiger partial charge in [-0.2, -0.15) is 0 Å². The van der Waals surface area contributed by atoms with Gasteiger partial charge in [0, 0.05) is 30.0 Å². The van der Waals surface area contributed by atoms with Gasteiger partial charge in [0.15, 0.2) is 4.96 Å². The van der Waals surface area contributed by atoms with Crippen LogP contribution in [-0.4, -0.2) is 28.4 Å². The number of rotatable bonds is 4. The number of aromatic nitrogens is 2. The molecule has 3 aromatic rings. The number of nitrogens with one attached hydrogen (secondary N) is 1. The van der Waals surface area contributed by atoms with E-state index in [1.807, 2.05) is 48.6 Å². The summed E-state index contributed by atoms with van der Waals surface area (Å²) in [5.41, 5.74) is 9.44. The molecule has 3 N–H and O–H groups in total. The summed E-state index contributed by atoms with van der Waals surface area (Å²) in [5, 5.41) is 2.81. The zero-order valence-electron chi connectivity index (χ0n) is 12.6. The lowest BCUT2D eigenvalue weighted by atomic mass is 10.1. The third-order valence-electron chi connectivity index (χ3n) is 3.62. The zero-order valence-corrected chi connectivity index (χ0v) is 13.4. The Morgan fingerprint density at radius 3 is 2.64 bits per heavy atom. The number of carbonyl (C=O) groups excluding carboxylic acids is 1. The van der Waals surface area contributed by atoms with Crippen LogP contribution in [0.4, 0.5) is 0 Å². The molecule has 0 fully saturated rings. The minimum atomic E-state index is -0.0842. The van der Waals surface area contributed by atoms with Crippen LogP contribution in [0.15, 0.2) is 30.3 Å². The molecule has 0 radical (unpaired) electrons. The summed E-state index contributed by atoms with van der Waals surface area (Å²) in [7, 11) is 0. The monoisotopic (exact) mass is 314 g/mol. The molecule has 3 rings (SSSR count). The van der Waals surface area contributed by atoms with Gasteiger partial charge in [0.25, 0.3) is 5.91 Å². The molecule has 6 heteroatoms. The second-order valence-electron chi connectivity index (χ2n) is 5.09. The highest BCUT2D eigenvalue weighted by molar-refractivity contribution is 7.19. The first-order valence-electron chi connectivity index (χ1n) is 7.15. The van der Waals surface area contributed by atoms with Crippen LogP contribution in [0.2, 0.25) is 0 Å². The number of nitrogens with zero attached hydrogens (tertiary/aromatic N) is 2. The molecule has 0 aliphatic rings. The van der Waals surface area contributed by atoms with E-state index in [0.29, 0.717) is 18.0 Å². The summed E-state index contributed by atoms with van der Waals surface area (Å²) in [6.45, 7) is 4.89. The smallest absolute Gasteiger partial charge is 0.263 e. The Balaban J connectivity index is 2.05. The predicted molar refractivity (Wildman–Crippen MR) is 89.4 cm³/mol. The number of hydrogen-bond acceptors (Lipinski definition) is 4. The van der Waals surface area contributed by atoms with Crippen molar-refractivity contribution in [1.82, 2.24) is 14.7 Å². The van der Waals surface area contributed by atoms with E-state index in [-0.39, 0.29) is 5.91 Å². The molecule has 0 bridgehead atoms. The summed E-state index contributed by atoms with van der Waals surface area (Å²) in [6, 6.07) is 10.1. The first-order valence-corrected chi connectivity index (χ1v) is 7.97. The van der Waals surface area contributed by atoms with E-state index in [1.165, 1.54) is 11.3 Å². The van der Waals surface area contributed by atoms with Crippen molar-refractivity contribution in [2.75, 3.05) is 13.1 Å². The van der Waals surface area contributed by atoms with Crippen LogP contribution in [0, 0.1) is 13.8 Å². The highest BCUT2D eigenvalue weighted by Crippen LogP contribution is 2.30. The molecule has 2 heterocycles. The van der Waals surface area contributed by atoms with Gasteiger partial charge in [-0.1, -0.05) is 41.7 Å². The topological polar surface area (TPSA) is 72.4 Å². The third-order valence-corrected chi connectivity index (χ3v) is 4.76. The van der Waals surface area contributed by atoms with Gasteiger partial charge in [0.1, 0.15) is 4.88 Å². The largest absolute Gasteiger partial charge is 0.350 e. The maximum atomic E-state index is 12.2. The molecular formula is C16H18N4OS. The van der Waals surface area contributed by atoms with Gasteiger partial charge in [0.2, 0.25) is 0 Å². The van der Waals surface area contributed by atoms with Crippen molar-refractivity contribution in [3.05, 3.63) is 46.6 Å². The second-order valence-corrected chi connectivity index (χ2v) is 6.07. The summed E-state index contributed by atoms with van der Waals surface area (Å²) < 4.78 is 2.05. The molecule has 1 amide bonds. The fourth-order valence-electron chi connectivity index (χ4n) is 2.55. The Bertz CT molecular complexity index is 820. The van der Waals surface area contributed by atoms with Crippen LogP contribution < -0.4 is 11.1 Å². The van der Waals surface area contributed by atoms with Crippen LogP contribution in [0.3, 0.4) is 0 Å². The van der Waals surface area contributed by atoms with Crippen molar-refractivity contribution in [3.63, 3.8) is 0 Å². The minimum absolute atomic E-state index is 0.0842. The van der Waals surface area contributed by atoms with E-state index in [0.717, 1.165) is 27.6 Å². The maximum Gasteiger partial charge on any atom is 0.263 e. The highest BCUT2D eigenvalue weighted by Gasteiger charge is 2.20. The van der Waals surface area contributed by atoms with Crippen LogP contribution in [0.5, 0.6) is 0 Å². The van der Waals surface area contributed by atoms with E-state index in [1.54, 1.807) is 0 Å². The van der Waals surface area contributed by atoms with Crippen LogP contribution >= 0.6 is 11.3 Å². The fourth-order valence-corrected chi connectivity index (χ4v) is 3.64. The van der Waals surface area contributed by atoms with Crippen molar-refractivity contribution in [1.29, 1.82) is 0 Å². The molecule has 2 aromatic heterocycles. The van der Waals surface area contributed by atoms with E-state index in [2.05, 4.69) is 5.32 Å². The Kier molecular flexibility index (Phi) is 3.96. The lowest BCUT2D eigenvalue weighted by Gasteiger charge is -2.03. The molecule has 22 heavy (non-hydrogen) atoms. The molecule has 0 atom stereocenters. The average Bonchev–Trinajstić information content (AvgIpc) is 3.03. The normalized spacial score (nSPS) is 11.0.